The SMILES string of the molecule is Cc1ccc(-c2ccc(Oc3cc(Oc4ccc(-c5ccc(Oc6ccc(S(=O)(=O)c7ccc(C)cc7)cc6S(=O)(=O)O)cc5)cc4)ccc3SC(F)(F)C(F)(F)S(=O)(=O)O)cc2)cc1. The summed E-state index contributed by atoms with van der Waals surface area (Å²) in [4.78, 5) is -1.81. The van der Waals surface area contributed by atoms with Gasteiger partial charge in [-0.2, -0.15) is 34.4 Å². The molecule has 0 aliphatic carbocycles. The topological polar surface area (TPSA) is 171 Å². The molecule has 336 valence electrons. The highest BCUT2D eigenvalue weighted by Crippen LogP contribution is 2.52. The molecule has 0 aliphatic heterocycles. The van der Waals surface area contributed by atoms with E-state index in [4.69, 9.17) is 18.8 Å². The van der Waals surface area contributed by atoms with Crippen molar-refractivity contribution >= 4 is 41.8 Å². The minimum absolute atomic E-state index is 0.0183. The lowest BCUT2D eigenvalue weighted by molar-refractivity contribution is -0.0946. The number of sulfone groups is 1. The summed E-state index contributed by atoms with van der Waals surface area (Å²) in [6.45, 7) is 3.71. The zero-order chi connectivity index (χ0) is 47.0. The lowest BCUT2D eigenvalue weighted by atomic mass is 10.0. The minimum atomic E-state index is -6.52. The molecule has 0 aliphatic rings. The minimum Gasteiger partial charge on any atom is -0.457 e. The van der Waals surface area contributed by atoms with Crippen molar-refractivity contribution in [3.8, 4) is 56.8 Å². The number of ether oxygens (including phenoxy) is 3. The number of hydrogen-bond acceptors (Lipinski definition) is 10. The van der Waals surface area contributed by atoms with Gasteiger partial charge in [0, 0.05) is 6.07 Å². The Labute approximate surface area is 375 Å². The maximum absolute atomic E-state index is 14.8. The van der Waals surface area contributed by atoms with Gasteiger partial charge in [0.1, 0.15) is 39.4 Å². The van der Waals surface area contributed by atoms with Crippen molar-refractivity contribution < 1.29 is 66.1 Å². The molecular formula is C46H34F4O11S4. The van der Waals surface area contributed by atoms with E-state index in [1.165, 1.54) is 42.5 Å². The van der Waals surface area contributed by atoms with Crippen LogP contribution in [0.4, 0.5) is 17.6 Å². The van der Waals surface area contributed by atoms with Crippen LogP contribution in [0.1, 0.15) is 11.1 Å². The van der Waals surface area contributed by atoms with E-state index in [-0.39, 0.29) is 38.5 Å². The Morgan fingerprint density at radius 3 is 1.32 bits per heavy atom. The van der Waals surface area contributed by atoms with E-state index in [1.54, 1.807) is 67.6 Å². The summed E-state index contributed by atoms with van der Waals surface area (Å²) in [7, 11) is -15.6. The van der Waals surface area contributed by atoms with E-state index in [0.29, 0.717) is 11.1 Å². The Balaban J connectivity index is 1.09. The highest BCUT2D eigenvalue weighted by molar-refractivity contribution is 8.01. The third kappa shape index (κ3) is 10.5. The zero-order valence-electron chi connectivity index (χ0n) is 33.7. The first-order chi connectivity index (χ1) is 30.5. The fourth-order valence-corrected chi connectivity index (χ4v) is 9.62. The van der Waals surface area contributed by atoms with Crippen molar-refractivity contribution in [3.63, 3.8) is 0 Å². The maximum Gasteiger partial charge on any atom is 0.442 e. The first-order valence-electron chi connectivity index (χ1n) is 18.9. The highest BCUT2D eigenvalue weighted by atomic mass is 32.2. The van der Waals surface area contributed by atoms with Crippen LogP contribution < -0.4 is 14.2 Å². The van der Waals surface area contributed by atoms with Gasteiger partial charge >= 0.3 is 20.6 Å². The normalized spacial score (nSPS) is 12.4. The summed E-state index contributed by atoms with van der Waals surface area (Å²) in [5, 5.41) is -11.2. The van der Waals surface area contributed by atoms with Crippen molar-refractivity contribution in [2.24, 2.45) is 0 Å². The number of rotatable bonds is 15. The molecular weight excluding hydrogens is 933 g/mol. The molecule has 11 nitrogen and oxygen atoms in total. The number of benzene rings is 7. The predicted molar refractivity (Wildman–Crippen MR) is 235 cm³/mol. The van der Waals surface area contributed by atoms with Crippen LogP contribution in [0, 0.1) is 13.8 Å². The molecule has 65 heavy (non-hydrogen) atoms. The monoisotopic (exact) mass is 966 g/mol. The predicted octanol–water partition coefficient (Wildman–Crippen LogP) is 12.3. The number of halogens is 4. The molecule has 0 aromatic heterocycles. The van der Waals surface area contributed by atoms with Gasteiger partial charge in [-0.1, -0.05) is 83.9 Å². The zero-order valence-corrected chi connectivity index (χ0v) is 37.0. The van der Waals surface area contributed by atoms with Gasteiger partial charge in [0.2, 0.25) is 9.84 Å². The number of aryl methyl sites for hydroxylation is 2. The standard InChI is InChI=1S/C46H34F4O11S4/c1-29-3-7-31(8-4-29)32-13-19-37(20-14-32)61-42-27-38(21-26-43(42)62-45(47,48)46(49,50)65(56,57)58)59-35-15-9-33(10-16-35)34-11-17-36(18-12-34)60-41-25-24-40(28-44(41)64(53,54)55)63(51,52)39-22-5-30(2)6-23-39/h3-28H,1-2H3,(H,53,54,55)(H,56,57,58). The second kappa shape index (κ2) is 18.0. The first-order valence-corrected chi connectivity index (χ1v) is 24.1. The Kier molecular flexibility index (Phi) is 12.9. The molecule has 0 fully saturated rings. The van der Waals surface area contributed by atoms with Gasteiger partial charge in [0.25, 0.3) is 10.1 Å². The number of thioether (sulfide) groups is 1. The van der Waals surface area contributed by atoms with Crippen LogP contribution in [-0.2, 0) is 30.1 Å². The summed E-state index contributed by atoms with van der Waals surface area (Å²) in [5.74, 6) is -0.195. The molecule has 19 heteroatoms. The molecule has 0 atom stereocenters. The van der Waals surface area contributed by atoms with Crippen LogP contribution in [0.2, 0.25) is 0 Å². The molecule has 0 saturated carbocycles. The summed E-state index contributed by atoms with van der Waals surface area (Å²) >= 11 is -0.827. The van der Waals surface area contributed by atoms with Crippen molar-refractivity contribution in [1.29, 1.82) is 0 Å². The Bertz CT molecular complexity index is 3200. The third-order valence-electron chi connectivity index (χ3n) is 9.62. The fourth-order valence-electron chi connectivity index (χ4n) is 6.14. The van der Waals surface area contributed by atoms with Crippen LogP contribution in [0.3, 0.4) is 0 Å². The van der Waals surface area contributed by atoms with E-state index < -0.39 is 67.9 Å². The van der Waals surface area contributed by atoms with Gasteiger partial charge in [-0.05, 0) is 127 Å². The average molecular weight is 967 g/mol. The van der Waals surface area contributed by atoms with Crippen molar-refractivity contribution in [2.45, 2.75) is 43.9 Å². The van der Waals surface area contributed by atoms with Crippen molar-refractivity contribution in [3.05, 3.63) is 169 Å². The Morgan fingerprint density at radius 1 is 0.462 bits per heavy atom. The largest absolute Gasteiger partial charge is 0.457 e. The fraction of sp³-hybridized carbons (Fsp3) is 0.0870. The molecule has 7 aromatic rings. The number of hydrogen-bond donors (Lipinski definition) is 2. The molecule has 0 unspecified atom stereocenters. The van der Waals surface area contributed by atoms with E-state index >= 15 is 0 Å². The van der Waals surface area contributed by atoms with Gasteiger partial charge in [0.05, 0.1) is 14.7 Å². The van der Waals surface area contributed by atoms with Gasteiger partial charge in [-0.15, -0.1) is 0 Å². The van der Waals surface area contributed by atoms with E-state index in [1.807, 2.05) is 31.2 Å². The average Bonchev–Trinajstić information content (AvgIpc) is 3.25. The summed E-state index contributed by atoms with van der Waals surface area (Å²) in [5.41, 5.74) is 4.86. The first kappa shape index (κ1) is 46.8. The second-order valence-electron chi connectivity index (χ2n) is 14.4. The molecule has 0 amide bonds. The Hall–Kier alpha value is -6.22. The van der Waals surface area contributed by atoms with Crippen molar-refractivity contribution in [1.82, 2.24) is 0 Å². The molecule has 0 spiro atoms. The summed E-state index contributed by atoms with van der Waals surface area (Å²) in [6, 6.07) is 39.2. The quantitative estimate of drug-likeness (QED) is 0.0567. The van der Waals surface area contributed by atoms with Gasteiger partial charge < -0.3 is 14.2 Å². The molecule has 0 radical (unpaired) electrons. The number of alkyl halides is 4. The van der Waals surface area contributed by atoms with Crippen LogP contribution in [-0.4, -0.2) is 44.9 Å². The lowest BCUT2D eigenvalue weighted by Gasteiger charge is -2.24. The second-order valence-corrected chi connectivity index (χ2v) is 20.3. The highest BCUT2D eigenvalue weighted by Gasteiger charge is 2.66. The van der Waals surface area contributed by atoms with Gasteiger partial charge in [-0.3, -0.25) is 9.11 Å². The molecule has 7 aromatic carbocycles. The van der Waals surface area contributed by atoms with Crippen molar-refractivity contribution in [2.75, 3.05) is 0 Å². The molecule has 2 N–H and O–H groups in total. The summed E-state index contributed by atoms with van der Waals surface area (Å²) in [6.07, 6.45) is 0. The van der Waals surface area contributed by atoms with Crippen LogP contribution in [0.15, 0.2) is 177 Å². The van der Waals surface area contributed by atoms with Gasteiger partial charge in [-0.25, -0.2) is 8.42 Å². The van der Waals surface area contributed by atoms with Crippen LogP contribution in [0.5, 0.6) is 34.5 Å². The summed E-state index contributed by atoms with van der Waals surface area (Å²) < 4.78 is 168. The molecule has 7 rings (SSSR count). The molecule has 0 bridgehead atoms. The molecule has 0 heterocycles. The van der Waals surface area contributed by atoms with E-state index in [0.717, 1.165) is 52.6 Å². The Morgan fingerprint density at radius 2 is 0.862 bits per heavy atom. The molecule has 0 saturated heterocycles. The van der Waals surface area contributed by atoms with E-state index in [9.17, 15) is 47.4 Å². The van der Waals surface area contributed by atoms with E-state index in [2.05, 4.69) is 0 Å². The maximum atomic E-state index is 14.8. The third-order valence-corrected chi connectivity index (χ3v) is 14.4. The van der Waals surface area contributed by atoms with Crippen LogP contribution in [0.25, 0.3) is 22.3 Å². The lowest BCUT2D eigenvalue weighted by Crippen LogP contribution is -2.44. The van der Waals surface area contributed by atoms with Crippen LogP contribution >= 0.6 is 11.8 Å². The van der Waals surface area contributed by atoms with Gasteiger partial charge in [0.15, 0.2) is 0 Å². The smallest absolute Gasteiger partial charge is 0.442 e.